The monoisotopic (exact) mass is 317 g/mol. The van der Waals surface area contributed by atoms with E-state index in [1.807, 2.05) is 20.2 Å². The molecule has 7 heteroatoms. The summed E-state index contributed by atoms with van der Waals surface area (Å²) in [5.41, 5.74) is 3.74. The van der Waals surface area contributed by atoms with E-state index >= 15 is 0 Å². The molecule has 124 valence electrons. The van der Waals surface area contributed by atoms with Crippen LogP contribution in [0.1, 0.15) is 46.3 Å². The third kappa shape index (κ3) is 3.01. The minimum absolute atomic E-state index is 0.105. The second kappa shape index (κ2) is 6.54. The van der Waals surface area contributed by atoms with Gasteiger partial charge >= 0.3 is 0 Å². The van der Waals surface area contributed by atoms with Crippen LogP contribution in [0.3, 0.4) is 0 Å². The lowest BCUT2D eigenvalue weighted by molar-refractivity contribution is 0.0882. The van der Waals surface area contributed by atoms with Crippen LogP contribution in [0.4, 0.5) is 0 Å². The van der Waals surface area contributed by atoms with E-state index in [2.05, 4.69) is 15.5 Å². The first kappa shape index (κ1) is 15.7. The third-order valence-electron chi connectivity index (χ3n) is 4.39. The van der Waals surface area contributed by atoms with Crippen molar-refractivity contribution in [2.75, 3.05) is 13.7 Å². The average Bonchev–Trinajstić information content (AvgIpc) is 3.09. The molecule has 7 nitrogen and oxygen atoms in total. The van der Waals surface area contributed by atoms with Gasteiger partial charge in [-0.3, -0.25) is 14.2 Å². The van der Waals surface area contributed by atoms with Gasteiger partial charge in [0.05, 0.1) is 24.0 Å². The number of hydrogen-bond donors (Lipinski definition) is 1. The number of rotatable bonds is 5. The summed E-state index contributed by atoms with van der Waals surface area (Å²) in [5, 5.41) is 11.8. The number of ether oxygens (including phenoxy) is 1. The molecule has 0 fully saturated rings. The van der Waals surface area contributed by atoms with Gasteiger partial charge in [-0.2, -0.15) is 10.2 Å². The Morgan fingerprint density at radius 2 is 2.13 bits per heavy atom. The highest BCUT2D eigenvalue weighted by molar-refractivity contribution is 5.94. The lowest BCUT2D eigenvalue weighted by Crippen LogP contribution is -2.34. The number of hydrogen-bond acceptors (Lipinski definition) is 4. The quantitative estimate of drug-likeness (QED) is 0.898. The number of nitrogens with one attached hydrogen (secondary N) is 1. The Hall–Kier alpha value is -2.15. The van der Waals surface area contributed by atoms with Gasteiger partial charge in [0, 0.05) is 33.0 Å². The van der Waals surface area contributed by atoms with Crippen molar-refractivity contribution in [1.29, 1.82) is 0 Å². The molecule has 1 aliphatic carbocycles. The zero-order valence-electron chi connectivity index (χ0n) is 13.9. The Kier molecular flexibility index (Phi) is 4.47. The number of nitrogens with zero attached hydrogens (tertiary/aromatic N) is 4. The van der Waals surface area contributed by atoms with Crippen LogP contribution in [0.15, 0.2) is 12.3 Å². The molecular weight excluding hydrogens is 294 g/mol. The molecule has 0 radical (unpaired) electrons. The summed E-state index contributed by atoms with van der Waals surface area (Å²) >= 11 is 0. The second-order valence-electron chi connectivity index (χ2n) is 5.97. The molecule has 1 N–H and O–H groups in total. The van der Waals surface area contributed by atoms with Crippen LogP contribution in [0.2, 0.25) is 0 Å². The predicted molar refractivity (Wildman–Crippen MR) is 85.1 cm³/mol. The van der Waals surface area contributed by atoms with Gasteiger partial charge in [-0.05, 0) is 31.7 Å². The van der Waals surface area contributed by atoms with Crippen LogP contribution >= 0.6 is 0 Å². The lowest BCUT2D eigenvalue weighted by atomic mass is 9.95. The third-order valence-corrected chi connectivity index (χ3v) is 4.39. The van der Waals surface area contributed by atoms with Crippen molar-refractivity contribution < 1.29 is 9.53 Å². The lowest BCUT2D eigenvalue weighted by Gasteiger charge is -2.19. The Morgan fingerprint density at radius 1 is 1.35 bits per heavy atom. The number of carbonyl (C=O) groups is 1. The highest BCUT2D eigenvalue weighted by atomic mass is 16.5. The smallest absolute Gasteiger partial charge is 0.270 e. The second-order valence-corrected chi connectivity index (χ2v) is 5.97. The molecule has 0 bridgehead atoms. The van der Waals surface area contributed by atoms with Gasteiger partial charge < -0.3 is 10.1 Å². The van der Waals surface area contributed by atoms with Crippen LogP contribution in [0.25, 0.3) is 0 Å². The van der Waals surface area contributed by atoms with Crippen molar-refractivity contribution in [2.24, 2.45) is 14.1 Å². The number of aromatic nitrogens is 4. The highest BCUT2D eigenvalue weighted by Gasteiger charge is 2.26. The first-order valence-corrected chi connectivity index (χ1v) is 7.94. The minimum atomic E-state index is -0.242. The van der Waals surface area contributed by atoms with Gasteiger partial charge in [0.15, 0.2) is 0 Å². The summed E-state index contributed by atoms with van der Waals surface area (Å²) in [6.07, 6.45) is 5.86. The zero-order valence-corrected chi connectivity index (χ0v) is 13.9. The van der Waals surface area contributed by atoms with Gasteiger partial charge in [-0.1, -0.05) is 0 Å². The molecule has 0 saturated heterocycles. The van der Waals surface area contributed by atoms with E-state index < -0.39 is 0 Å². The first-order valence-electron chi connectivity index (χ1n) is 7.94. The molecule has 3 rings (SSSR count). The van der Waals surface area contributed by atoms with Gasteiger partial charge in [0.2, 0.25) is 0 Å². The molecule has 1 amide bonds. The molecule has 0 aliphatic heterocycles. The van der Waals surface area contributed by atoms with Gasteiger partial charge in [-0.25, -0.2) is 0 Å². The maximum atomic E-state index is 12.8. The molecule has 0 unspecified atom stereocenters. The van der Waals surface area contributed by atoms with E-state index in [-0.39, 0.29) is 11.9 Å². The maximum absolute atomic E-state index is 12.8. The number of methoxy groups -OCH3 is 1. The van der Waals surface area contributed by atoms with E-state index in [0.29, 0.717) is 12.3 Å². The Morgan fingerprint density at radius 3 is 2.83 bits per heavy atom. The minimum Gasteiger partial charge on any atom is -0.382 e. The molecule has 2 aromatic heterocycles. The van der Waals surface area contributed by atoms with Crippen molar-refractivity contribution in [1.82, 2.24) is 24.9 Å². The number of aryl methyl sites for hydroxylation is 3. The van der Waals surface area contributed by atoms with Gasteiger partial charge in [0.25, 0.3) is 5.91 Å². The zero-order chi connectivity index (χ0) is 16.4. The fourth-order valence-corrected chi connectivity index (χ4v) is 3.29. The normalized spacial score (nSPS) is 15.3. The predicted octanol–water partition coefficient (Wildman–Crippen LogP) is 1.15. The summed E-state index contributed by atoms with van der Waals surface area (Å²) in [7, 11) is 5.32. The standard InChI is InChI=1S/C16H23N5O2/c1-20-14(8-9-17-20)13(10-23-3)18-16(22)15-11-6-4-5-7-12(11)19-21(15)2/h8-9,13H,4-7,10H2,1-3H3,(H,18,22)/t13-/m0/s1. The van der Waals surface area contributed by atoms with Crippen LogP contribution in [0.5, 0.6) is 0 Å². The topological polar surface area (TPSA) is 74.0 Å². The van der Waals surface area contributed by atoms with Gasteiger partial charge in [0.1, 0.15) is 5.69 Å². The van der Waals surface area contributed by atoms with E-state index in [4.69, 9.17) is 4.74 Å². The molecular formula is C16H23N5O2. The maximum Gasteiger partial charge on any atom is 0.270 e. The number of carbonyl (C=O) groups excluding carboxylic acids is 1. The van der Waals surface area contributed by atoms with Crippen molar-refractivity contribution in [3.63, 3.8) is 0 Å². The molecule has 2 heterocycles. The van der Waals surface area contributed by atoms with Crippen LogP contribution in [0, 0.1) is 0 Å². The summed E-state index contributed by atoms with van der Waals surface area (Å²) < 4.78 is 8.73. The Labute approximate surface area is 135 Å². The fraction of sp³-hybridized carbons (Fsp3) is 0.562. The number of fused-ring (bicyclic) bond motifs is 1. The van der Waals surface area contributed by atoms with Crippen LogP contribution in [-0.4, -0.2) is 39.2 Å². The summed E-state index contributed by atoms with van der Waals surface area (Å²) in [6, 6.07) is 1.65. The molecule has 0 spiro atoms. The van der Waals surface area contributed by atoms with Crippen LogP contribution in [-0.2, 0) is 31.7 Å². The van der Waals surface area contributed by atoms with Gasteiger partial charge in [-0.15, -0.1) is 0 Å². The summed E-state index contributed by atoms with van der Waals surface area (Å²) in [6.45, 7) is 0.394. The fourth-order valence-electron chi connectivity index (χ4n) is 3.29. The SMILES string of the molecule is COC[C@H](NC(=O)c1c2c(nn1C)CCCC2)c1ccnn1C. The van der Waals surface area contributed by atoms with Crippen molar-refractivity contribution in [3.8, 4) is 0 Å². The molecule has 0 saturated carbocycles. The van der Waals surface area contributed by atoms with Crippen LogP contribution < -0.4 is 5.32 Å². The van der Waals surface area contributed by atoms with E-state index in [1.165, 1.54) is 0 Å². The molecule has 1 aliphatic rings. The van der Waals surface area contributed by atoms with Crippen molar-refractivity contribution >= 4 is 5.91 Å². The highest BCUT2D eigenvalue weighted by Crippen LogP contribution is 2.24. The molecule has 2 aromatic rings. The molecule has 1 atom stereocenters. The van der Waals surface area contributed by atoms with E-state index in [1.54, 1.807) is 22.7 Å². The van der Waals surface area contributed by atoms with E-state index in [0.717, 1.165) is 42.6 Å². The van der Waals surface area contributed by atoms with Crippen molar-refractivity contribution in [2.45, 2.75) is 31.7 Å². The molecule has 23 heavy (non-hydrogen) atoms. The largest absolute Gasteiger partial charge is 0.382 e. The van der Waals surface area contributed by atoms with E-state index in [9.17, 15) is 4.79 Å². The summed E-state index contributed by atoms with van der Waals surface area (Å²) in [4.78, 5) is 12.8. The Balaban J connectivity index is 1.85. The number of amides is 1. The first-order chi connectivity index (χ1) is 11.1. The Bertz CT molecular complexity index is 703. The van der Waals surface area contributed by atoms with Crippen molar-refractivity contribution in [3.05, 3.63) is 34.9 Å². The average molecular weight is 317 g/mol. The summed E-state index contributed by atoms with van der Waals surface area (Å²) in [5.74, 6) is -0.105. The molecule has 0 aromatic carbocycles.